The van der Waals surface area contributed by atoms with Gasteiger partial charge in [-0.15, -0.1) is 0 Å². The van der Waals surface area contributed by atoms with Gasteiger partial charge in [-0.3, -0.25) is 13.9 Å². The number of benzene rings is 3. The standard InChI is InChI=1S/C29H33BrClN3O4S/c1-5-17-32-29(36)22(4)33(18-23-11-13-24(30)14-12-23)28(35)19-34(27-8-6-7-26(31)21(27)3)39(37,38)25-15-9-20(2)10-16-25/h6-16,22H,5,17-19H2,1-4H3,(H,32,36). The molecule has 0 heterocycles. The number of carbonyl (C=O) groups excluding carboxylic acids is 2. The molecule has 208 valence electrons. The van der Waals surface area contributed by atoms with Crippen molar-refractivity contribution in [2.24, 2.45) is 0 Å². The summed E-state index contributed by atoms with van der Waals surface area (Å²) in [6.45, 7) is 7.24. The molecule has 0 bridgehead atoms. The van der Waals surface area contributed by atoms with E-state index in [2.05, 4.69) is 21.2 Å². The lowest BCUT2D eigenvalue weighted by Gasteiger charge is -2.32. The van der Waals surface area contributed by atoms with Crippen LogP contribution in [-0.4, -0.2) is 44.3 Å². The Kier molecular flexibility index (Phi) is 10.6. The highest BCUT2D eigenvalue weighted by atomic mass is 79.9. The van der Waals surface area contributed by atoms with Crippen molar-refractivity contribution < 1.29 is 18.0 Å². The van der Waals surface area contributed by atoms with Crippen LogP contribution in [0.15, 0.2) is 76.1 Å². The minimum absolute atomic E-state index is 0.0495. The summed E-state index contributed by atoms with van der Waals surface area (Å²) in [6.07, 6.45) is 0.746. The van der Waals surface area contributed by atoms with Gasteiger partial charge in [0.1, 0.15) is 12.6 Å². The number of carbonyl (C=O) groups is 2. The molecule has 0 spiro atoms. The number of rotatable bonds is 11. The predicted molar refractivity (Wildman–Crippen MR) is 159 cm³/mol. The van der Waals surface area contributed by atoms with E-state index in [-0.39, 0.29) is 17.3 Å². The first kappa shape index (κ1) is 30.7. The Bertz CT molecular complexity index is 1410. The van der Waals surface area contributed by atoms with Crippen LogP contribution < -0.4 is 9.62 Å². The number of aryl methyl sites for hydroxylation is 1. The zero-order valence-corrected chi connectivity index (χ0v) is 25.6. The van der Waals surface area contributed by atoms with E-state index >= 15 is 0 Å². The first-order chi connectivity index (χ1) is 18.4. The van der Waals surface area contributed by atoms with Crippen molar-refractivity contribution in [3.05, 3.63) is 92.9 Å². The van der Waals surface area contributed by atoms with E-state index in [0.29, 0.717) is 22.8 Å². The molecule has 10 heteroatoms. The average molecular weight is 635 g/mol. The molecular formula is C29H33BrClN3O4S. The molecule has 2 amide bonds. The topological polar surface area (TPSA) is 86.8 Å². The number of amides is 2. The second-order valence-corrected chi connectivity index (χ2v) is 12.5. The van der Waals surface area contributed by atoms with Crippen molar-refractivity contribution in [3.8, 4) is 0 Å². The Morgan fingerprint density at radius 3 is 2.26 bits per heavy atom. The average Bonchev–Trinajstić information content (AvgIpc) is 2.91. The lowest BCUT2D eigenvalue weighted by molar-refractivity contribution is -0.139. The van der Waals surface area contributed by atoms with Gasteiger partial charge in [-0.1, -0.05) is 70.3 Å². The van der Waals surface area contributed by atoms with E-state index < -0.39 is 28.5 Å². The van der Waals surface area contributed by atoms with Gasteiger partial charge in [-0.25, -0.2) is 8.42 Å². The summed E-state index contributed by atoms with van der Waals surface area (Å²) in [5, 5.41) is 3.21. The summed E-state index contributed by atoms with van der Waals surface area (Å²) in [6, 6.07) is 17.9. The Morgan fingerprint density at radius 1 is 1.00 bits per heavy atom. The molecule has 3 aromatic rings. The maximum Gasteiger partial charge on any atom is 0.264 e. The minimum atomic E-state index is -4.16. The molecule has 39 heavy (non-hydrogen) atoms. The Morgan fingerprint density at radius 2 is 1.64 bits per heavy atom. The van der Waals surface area contributed by atoms with Crippen LogP contribution in [0.25, 0.3) is 0 Å². The Balaban J connectivity index is 2.05. The normalized spacial score (nSPS) is 12.1. The number of hydrogen-bond acceptors (Lipinski definition) is 4. The molecule has 0 fully saturated rings. The van der Waals surface area contributed by atoms with Crippen molar-refractivity contribution in [1.82, 2.24) is 10.2 Å². The Labute approximate surface area is 244 Å². The van der Waals surface area contributed by atoms with Gasteiger partial charge in [-0.2, -0.15) is 0 Å². The van der Waals surface area contributed by atoms with Crippen LogP contribution in [0.1, 0.15) is 37.0 Å². The van der Waals surface area contributed by atoms with Gasteiger partial charge in [-0.05, 0) is 74.7 Å². The van der Waals surface area contributed by atoms with Crippen LogP contribution in [0.2, 0.25) is 5.02 Å². The summed E-state index contributed by atoms with van der Waals surface area (Å²) in [5.74, 6) is -0.832. The lowest BCUT2D eigenvalue weighted by Crippen LogP contribution is -2.51. The monoisotopic (exact) mass is 633 g/mol. The van der Waals surface area contributed by atoms with Crippen LogP contribution in [0.3, 0.4) is 0 Å². The maximum absolute atomic E-state index is 13.9. The van der Waals surface area contributed by atoms with Crippen LogP contribution in [-0.2, 0) is 26.2 Å². The van der Waals surface area contributed by atoms with Crippen molar-refractivity contribution >= 4 is 55.1 Å². The number of anilines is 1. The number of halogens is 2. The molecule has 0 aromatic heterocycles. The van der Waals surface area contributed by atoms with E-state index in [1.54, 1.807) is 44.2 Å². The molecule has 0 saturated carbocycles. The van der Waals surface area contributed by atoms with Gasteiger partial charge >= 0.3 is 0 Å². The van der Waals surface area contributed by atoms with Crippen LogP contribution in [0, 0.1) is 13.8 Å². The highest BCUT2D eigenvalue weighted by Gasteiger charge is 2.33. The van der Waals surface area contributed by atoms with E-state index in [1.807, 2.05) is 38.1 Å². The van der Waals surface area contributed by atoms with E-state index in [4.69, 9.17) is 11.6 Å². The molecule has 0 aliphatic heterocycles. The summed E-state index contributed by atoms with van der Waals surface area (Å²) in [4.78, 5) is 28.3. The molecule has 1 atom stereocenters. The molecule has 0 aliphatic carbocycles. The van der Waals surface area contributed by atoms with Gasteiger partial charge in [0.15, 0.2) is 0 Å². The molecule has 0 aliphatic rings. The van der Waals surface area contributed by atoms with Crippen molar-refractivity contribution in [2.45, 2.75) is 51.6 Å². The van der Waals surface area contributed by atoms with Gasteiger partial charge < -0.3 is 10.2 Å². The zero-order chi connectivity index (χ0) is 28.7. The van der Waals surface area contributed by atoms with Crippen molar-refractivity contribution in [2.75, 3.05) is 17.4 Å². The van der Waals surface area contributed by atoms with Gasteiger partial charge in [0.25, 0.3) is 10.0 Å². The molecule has 1 N–H and O–H groups in total. The highest BCUT2D eigenvalue weighted by molar-refractivity contribution is 9.10. The fourth-order valence-electron chi connectivity index (χ4n) is 3.98. The number of sulfonamides is 1. The van der Waals surface area contributed by atoms with Crippen LogP contribution >= 0.6 is 27.5 Å². The fourth-order valence-corrected chi connectivity index (χ4v) is 5.89. The molecule has 3 rings (SSSR count). The highest BCUT2D eigenvalue weighted by Crippen LogP contribution is 2.31. The lowest BCUT2D eigenvalue weighted by atomic mass is 10.1. The first-order valence-electron chi connectivity index (χ1n) is 12.6. The molecular weight excluding hydrogens is 602 g/mol. The van der Waals surface area contributed by atoms with Crippen molar-refractivity contribution in [1.29, 1.82) is 0 Å². The smallest absolute Gasteiger partial charge is 0.264 e. The summed E-state index contributed by atoms with van der Waals surface area (Å²) >= 11 is 9.77. The third kappa shape index (κ3) is 7.62. The van der Waals surface area contributed by atoms with Crippen molar-refractivity contribution in [3.63, 3.8) is 0 Å². The number of nitrogens with zero attached hydrogens (tertiary/aromatic N) is 2. The van der Waals surface area contributed by atoms with E-state index in [0.717, 1.165) is 26.3 Å². The fraction of sp³-hybridized carbons (Fsp3) is 0.310. The van der Waals surface area contributed by atoms with Gasteiger partial charge in [0.2, 0.25) is 11.8 Å². The third-order valence-electron chi connectivity index (χ3n) is 6.38. The quantitative estimate of drug-likeness (QED) is 0.286. The van der Waals surface area contributed by atoms with Crippen LogP contribution in [0.4, 0.5) is 5.69 Å². The second kappa shape index (κ2) is 13.5. The van der Waals surface area contributed by atoms with E-state index in [1.165, 1.54) is 17.0 Å². The summed E-state index contributed by atoms with van der Waals surface area (Å²) in [5.41, 5.74) is 2.52. The largest absolute Gasteiger partial charge is 0.354 e. The second-order valence-electron chi connectivity index (χ2n) is 9.32. The molecule has 0 saturated heterocycles. The maximum atomic E-state index is 13.9. The molecule has 1 unspecified atom stereocenters. The zero-order valence-electron chi connectivity index (χ0n) is 22.4. The van der Waals surface area contributed by atoms with E-state index in [9.17, 15) is 18.0 Å². The summed E-state index contributed by atoms with van der Waals surface area (Å²) < 4.78 is 29.8. The number of nitrogens with one attached hydrogen (secondary N) is 1. The molecule has 3 aromatic carbocycles. The molecule has 0 radical (unpaired) electrons. The summed E-state index contributed by atoms with van der Waals surface area (Å²) in [7, 11) is -4.16. The minimum Gasteiger partial charge on any atom is -0.354 e. The SMILES string of the molecule is CCCNC(=O)C(C)N(Cc1ccc(Br)cc1)C(=O)CN(c1cccc(Cl)c1C)S(=O)(=O)c1ccc(C)cc1. The molecule has 7 nitrogen and oxygen atoms in total. The van der Waals surface area contributed by atoms with Crippen LogP contribution in [0.5, 0.6) is 0 Å². The predicted octanol–water partition coefficient (Wildman–Crippen LogP) is 5.86. The van der Waals surface area contributed by atoms with Gasteiger partial charge in [0.05, 0.1) is 10.6 Å². The number of hydrogen-bond donors (Lipinski definition) is 1. The third-order valence-corrected chi connectivity index (χ3v) is 9.09. The van der Waals surface area contributed by atoms with Gasteiger partial charge in [0, 0.05) is 22.6 Å². The first-order valence-corrected chi connectivity index (χ1v) is 15.2. The Hall–Kier alpha value is -2.88.